The molecule has 1 unspecified atom stereocenters. The molecule has 0 saturated carbocycles. The summed E-state index contributed by atoms with van der Waals surface area (Å²) in [7, 11) is 0. The third kappa shape index (κ3) is 4.09. The Hall–Kier alpha value is -1.89. The molecule has 0 spiro atoms. The number of nitrogens with zero attached hydrogens (tertiary/aromatic N) is 1. The van der Waals surface area contributed by atoms with Crippen LogP contribution in [0.15, 0.2) is 30.3 Å². The lowest BCUT2D eigenvalue weighted by molar-refractivity contribution is -0.144. The van der Waals surface area contributed by atoms with Gasteiger partial charge in [-0.25, -0.2) is 0 Å². The van der Waals surface area contributed by atoms with E-state index in [1.807, 2.05) is 17.9 Å². The van der Waals surface area contributed by atoms with Crippen LogP contribution in [0.5, 0.6) is 5.06 Å². The molecule has 5 nitrogen and oxygen atoms in total. The highest BCUT2D eigenvalue weighted by molar-refractivity contribution is 7.14. The van der Waals surface area contributed by atoms with E-state index >= 15 is 0 Å². The molecule has 1 aliphatic rings. The summed E-state index contributed by atoms with van der Waals surface area (Å²) in [5.41, 5.74) is 1.61. The first-order valence-corrected chi connectivity index (χ1v) is 9.72. The highest BCUT2D eigenvalue weighted by Crippen LogP contribution is 2.37. The van der Waals surface area contributed by atoms with Crippen LogP contribution < -0.4 is 4.74 Å². The number of benzene rings is 1. The van der Waals surface area contributed by atoms with Crippen molar-refractivity contribution in [3.8, 4) is 5.06 Å². The smallest absolute Gasteiger partial charge is 0.325 e. The Morgan fingerprint density at radius 2 is 2.15 bits per heavy atom. The largest absolute Gasteiger partial charge is 0.480 e. The van der Waals surface area contributed by atoms with Crippen LogP contribution in [0, 0.1) is 0 Å². The average molecular weight is 394 g/mol. The molecule has 138 valence electrons. The molecule has 26 heavy (non-hydrogen) atoms. The molecule has 1 atom stereocenters. The molecule has 1 aromatic carbocycles. The van der Waals surface area contributed by atoms with Crippen molar-refractivity contribution >= 4 is 34.9 Å². The van der Waals surface area contributed by atoms with Crippen molar-refractivity contribution in [2.75, 3.05) is 6.54 Å². The normalized spacial score (nSPS) is 15.3. The summed E-state index contributed by atoms with van der Waals surface area (Å²) in [6, 6.07) is 8.09. The van der Waals surface area contributed by atoms with Gasteiger partial charge in [0.15, 0.2) is 5.06 Å². The average Bonchev–Trinajstić information content (AvgIpc) is 2.98. The maximum absolute atomic E-state index is 11.9. The number of carboxylic acids is 1. The number of thiophene rings is 1. The molecule has 2 heterocycles. The molecular formula is C19H20ClNO4S. The lowest BCUT2D eigenvalue weighted by atomic mass is 10.0. The molecule has 1 aliphatic heterocycles. The van der Waals surface area contributed by atoms with E-state index in [2.05, 4.69) is 0 Å². The summed E-state index contributed by atoms with van der Waals surface area (Å²) in [6.07, 6.45) is 1.86. The van der Waals surface area contributed by atoms with Gasteiger partial charge in [0, 0.05) is 29.4 Å². The molecular weight excluding hydrogens is 374 g/mol. The van der Waals surface area contributed by atoms with E-state index in [0.717, 1.165) is 23.3 Å². The fourth-order valence-corrected chi connectivity index (χ4v) is 4.41. The molecule has 2 aromatic rings. The van der Waals surface area contributed by atoms with E-state index in [1.54, 1.807) is 24.3 Å². The number of carbonyl (C=O) groups is 2. The fraction of sp³-hybridized carbons (Fsp3) is 0.368. The van der Waals surface area contributed by atoms with E-state index in [4.69, 9.17) is 16.3 Å². The van der Waals surface area contributed by atoms with Crippen LogP contribution in [-0.2, 0) is 22.6 Å². The van der Waals surface area contributed by atoms with Crippen molar-refractivity contribution < 1.29 is 19.4 Å². The van der Waals surface area contributed by atoms with E-state index in [-0.39, 0.29) is 5.97 Å². The van der Waals surface area contributed by atoms with Crippen molar-refractivity contribution in [2.45, 2.75) is 38.8 Å². The summed E-state index contributed by atoms with van der Waals surface area (Å²) < 4.78 is 5.38. The van der Waals surface area contributed by atoms with Crippen LogP contribution in [0.1, 0.15) is 41.8 Å². The van der Waals surface area contributed by atoms with Crippen LogP contribution >= 0.6 is 22.9 Å². The summed E-state index contributed by atoms with van der Waals surface area (Å²) in [4.78, 5) is 26.7. The minimum atomic E-state index is -0.925. The van der Waals surface area contributed by atoms with Crippen molar-refractivity contribution in [2.24, 2.45) is 0 Å². The number of halogens is 1. The van der Waals surface area contributed by atoms with Crippen LogP contribution in [0.2, 0.25) is 5.02 Å². The van der Waals surface area contributed by atoms with E-state index < -0.39 is 12.0 Å². The Bertz CT molecular complexity index is 820. The molecule has 0 bridgehead atoms. The summed E-state index contributed by atoms with van der Waals surface area (Å²) in [5, 5.41) is 10.8. The number of ether oxygens (including phenoxy) is 1. The van der Waals surface area contributed by atoms with E-state index in [9.17, 15) is 14.7 Å². The lowest BCUT2D eigenvalue weighted by Crippen LogP contribution is -2.37. The Kier molecular flexibility index (Phi) is 5.96. The van der Waals surface area contributed by atoms with Crippen molar-refractivity contribution in [3.63, 3.8) is 0 Å². The Morgan fingerprint density at radius 3 is 2.85 bits per heavy atom. The third-order valence-corrected chi connectivity index (χ3v) is 5.80. The lowest BCUT2D eigenvalue weighted by Gasteiger charge is -2.32. The maximum Gasteiger partial charge on any atom is 0.325 e. The van der Waals surface area contributed by atoms with Gasteiger partial charge in [0.1, 0.15) is 6.04 Å². The summed E-state index contributed by atoms with van der Waals surface area (Å²) in [5.74, 6) is -1.16. The van der Waals surface area contributed by atoms with Gasteiger partial charge < -0.3 is 9.84 Å². The minimum absolute atomic E-state index is 0.234. The standard InChI is InChI=1S/C19H20ClNO4S/c1-2-5-16(22)25-17-10-12-11-21(9-8-15(12)26-17)18(19(23)24)13-6-3-4-7-14(13)20/h3-4,6-7,10,18H,2,5,8-9,11H2,1H3,(H,23,24). The molecule has 7 heteroatoms. The quantitative estimate of drug-likeness (QED) is 0.741. The minimum Gasteiger partial charge on any atom is -0.480 e. The highest BCUT2D eigenvalue weighted by Gasteiger charge is 2.32. The zero-order valence-corrected chi connectivity index (χ0v) is 16.0. The van der Waals surface area contributed by atoms with E-state index in [1.165, 1.54) is 11.3 Å². The fourth-order valence-electron chi connectivity index (χ4n) is 3.15. The third-order valence-electron chi connectivity index (χ3n) is 4.34. The maximum atomic E-state index is 11.9. The SMILES string of the molecule is CCCC(=O)Oc1cc2c(s1)CCN(C(C(=O)O)c1ccccc1Cl)C2. The molecule has 0 radical (unpaired) electrons. The van der Waals surface area contributed by atoms with Gasteiger partial charge in [0.05, 0.1) is 0 Å². The zero-order valence-electron chi connectivity index (χ0n) is 14.4. The first-order valence-electron chi connectivity index (χ1n) is 8.53. The number of carboxylic acid groups (broad SMARTS) is 1. The van der Waals surface area contributed by atoms with Crippen LogP contribution in [0.4, 0.5) is 0 Å². The van der Waals surface area contributed by atoms with Crippen molar-refractivity contribution in [3.05, 3.63) is 51.4 Å². The molecule has 1 aromatic heterocycles. The second-order valence-corrected chi connectivity index (χ2v) is 7.73. The molecule has 1 N–H and O–H groups in total. The Morgan fingerprint density at radius 1 is 1.38 bits per heavy atom. The van der Waals surface area contributed by atoms with Crippen LogP contribution in [0.25, 0.3) is 0 Å². The molecule has 0 aliphatic carbocycles. The number of aliphatic carboxylic acids is 1. The number of esters is 1. The van der Waals surface area contributed by atoms with Gasteiger partial charge in [0.25, 0.3) is 0 Å². The Balaban J connectivity index is 1.80. The number of fused-ring (bicyclic) bond motifs is 1. The first-order chi connectivity index (χ1) is 12.5. The number of hydrogen-bond donors (Lipinski definition) is 1. The summed E-state index contributed by atoms with van der Waals surface area (Å²) >= 11 is 7.70. The number of hydrogen-bond acceptors (Lipinski definition) is 5. The second kappa shape index (κ2) is 8.20. The topological polar surface area (TPSA) is 66.8 Å². The van der Waals surface area contributed by atoms with Gasteiger partial charge in [-0.05, 0) is 36.1 Å². The molecule has 0 amide bonds. The van der Waals surface area contributed by atoms with Gasteiger partial charge in [0.2, 0.25) is 0 Å². The Labute approximate surface area is 161 Å². The predicted molar refractivity (Wildman–Crippen MR) is 101 cm³/mol. The van der Waals surface area contributed by atoms with Gasteiger partial charge in [-0.2, -0.15) is 0 Å². The monoisotopic (exact) mass is 393 g/mol. The highest BCUT2D eigenvalue weighted by atomic mass is 35.5. The van der Waals surface area contributed by atoms with Gasteiger partial charge in [-0.3, -0.25) is 14.5 Å². The zero-order chi connectivity index (χ0) is 18.7. The van der Waals surface area contributed by atoms with Gasteiger partial charge >= 0.3 is 11.9 Å². The number of rotatable bonds is 6. The van der Waals surface area contributed by atoms with Gasteiger partial charge in [-0.15, -0.1) is 11.3 Å². The van der Waals surface area contributed by atoms with Crippen LogP contribution in [0.3, 0.4) is 0 Å². The summed E-state index contributed by atoms with van der Waals surface area (Å²) in [6.45, 7) is 3.02. The van der Waals surface area contributed by atoms with E-state index in [0.29, 0.717) is 35.2 Å². The predicted octanol–water partition coefficient (Wildman–Crippen LogP) is 4.29. The number of carbonyl (C=O) groups excluding carboxylic acids is 1. The second-order valence-electron chi connectivity index (χ2n) is 6.22. The van der Waals surface area contributed by atoms with Gasteiger partial charge in [-0.1, -0.05) is 36.7 Å². The molecule has 3 rings (SSSR count). The molecule has 0 fully saturated rings. The first kappa shape index (κ1) is 18.9. The molecule has 0 saturated heterocycles. The van der Waals surface area contributed by atoms with Crippen molar-refractivity contribution in [1.29, 1.82) is 0 Å². The van der Waals surface area contributed by atoms with Crippen LogP contribution in [-0.4, -0.2) is 28.5 Å². The van der Waals surface area contributed by atoms with Crippen molar-refractivity contribution in [1.82, 2.24) is 4.90 Å².